The number of amides is 3. The van der Waals surface area contributed by atoms with Gasteiger partial charge in [0.2, 0.25) is 17.7 Å². The van der Waals surface area contributed by atoms with Crippen molar-refractivity contribution < 1.29 is 22.8 Å². The van der Waals surface area contributed by atoms with Crippen LogP contribution in [0.4, 0.5) is 11.5 Å². The Morgan fingerprint density at radius 3 is 2.23 bits per heavy atom. The van der Waals surface area contributed by atoms with Gasteiger partial charge in [-0.25, -0.2) is 18.1 Å². The minimum atomic E-state index is -4.27. The smallest absolute Gasteiger partial charge is 0.257 e. The Morgan fingerprint density at radius 2 is 1.65 bits per heavy atom. The van der Waals surface area contributed by atoms with E-state index in [1.807, 2.05) is 15.7 Å². The zero-order valence-corrected chi connectivity index (χ0v) is 24.5. The number of benzene rings is 2. The summed E-state index contributed by atoms with van der Waals surface area (Å²) in [5.41, 5.74) is 1.58. The second-order valence-corrected chi connectivity index (χ2v) is 11.4. The maximum Gasteiger partial charge on any atom is 0.257 e. The van der Waals surface area contributed by atoms with Gasteiger partial charge in [0.1, 0.15) is 17.8 Å². The second-order valence-electron chi connectivity index (χ2n) is 9.78. The Morgan fingerprint density at radius 1 is 1.00 bits per heavy atom. The lowest BCUT2D eigenvalue weighted by Gasteiger charge is -2.36. The number of para-hydroxylation sites is 1. The third-order valence-corrected chi connectivity index (χ3v) is 7.94. The van der Waals surface area contributed by atoms with Crippen molar-refractivity contribution in [1.82, 2.24) is 14.6 Å². The summed E-state index contributed by atoms with van der Waals surface area (Å²) in [7, 11) is -4.27. The molecule has 2 heterocycles. The van der Waals surface area contributed by atoms with E-state index in [2.05, 4.69) is 4.98 Å². The molecule has 1 aliphatic heterocycles. The van der Waals surface area contributed by atoms with Crippen LogP contribution in [0, 0.1) is 17.2 Å². The van der Waals surface area contributed by atoms with Gasteiger partial charge in [-0.1, -0.05) is 48.5 Å². The SMILES string of the molecule is CCN(C(=O)C(CC(=O)N1CCN(c2ccc(C#N)cn2)CC1)C(=O)NS(=O)(=O)C=Cc1ccccc1)c1ccccc1. The van der Waals surface area contributed by atoms with Crippen LogP contribution in [-0.4, -0.2) is 68.7 Å². The first kappa shape index (κ1) is 30.9. The predicted molar refractivity (Wildman–Crippen MR) is 163 cm³/mol. The average molecular weight is 601 g/mol. The van der Waals surface area contributed by atoms with Crippen LogP contribution in [-0.2, 0) is 24.4 Å². The molecule has 3 amide bonds. The third kappa shape index (κ3) is 8.27. The number of aromatic nitrogens is 1. The molecule has 222 valence electrons. The Labute approximate surface area is 251 Å². The van der Waals surface area contributed by atoms with Crippen LogP contribution in [0.5, 0.6) is 0 Å². The zero-order chi connectivity index (χ0) is 30.8. The summed E-state index contributed by atoms with van der Waals surface area (Å²) in [5, 5.41) is 9.85. The number of hydrogen-bond acceptors (Lipinski definition) is 8. The largest absolute Gasteiger partial charge is 0.353 e. The molecule has 0 radical (unpaired) electrons. The maximum absolute atomic E-state index is 13.7. The first-order chi connectivity index (χ1) is 20.7. The Bertz CT molecular complexity index is 1600. The fraction of sp³-hybridized carbons (Fsp3) is 0.258. The summed E-state index contributed by atoms with van der Waals surface area (Å²) in [6, 6.07) is 22.8. The number of carbonyl (C=O) groups is 3. The molecule has 2 aromatic carbocycles. The van der Waals surface area contributed by atoms with E-state index >= 15 is 0 Å². The van der Waals surface area contributed by atoms with E-state index < -0.39 is 40.1 Å². The highest BCUT2D eigenvalue weighted by molar-refractivity contribution is 7.93. The van der Waals surface area contributed by atoms with Crippen LogP contribution in [0.25, 0.3) is 6.08 Å². The van der Waals surface area contributed by atoms with E-state index in [1.165, 1.54) is 17.2 Å². The van der Waals surface area contributed by atoms with Gasteiger partial charge in [-0.3, -0.25) is 14.4 Å². The highest BCUT2D eigenvalue weighted by Gasteiger charge is 2.36. The minimum Gasteiger partial charge on any atom is -0.353 e. The normalized spacial score (nSPS) is 14.1. The van der Waals surface area contributed by atoms with Crippen LogP contribution >= 0.6 is 0 Å². The molecule has 0 spiro atoms. The van der Waals surface area contributed by atoms with Crippen LogP contribution < -0.4 is 14.5 Å². The van der Waals surface area contributed by atoms with Crippen molar-refractivity contribution in [2.24, 2.45) is 5.92 Å². The lowest BCUT2D eigenvalue weighted by Crippen LogP contribution is -2.51. The average Bonchev–Trinajstić information content (AvgIpc) is 3.03. The van der Waals surface area contributed by atoms with Gasteiger partial charge in [0.05, 0.1) is 11.0 Å². The molecule has 1 atom stereocenters. The standard InChI is InChI=1S/C31H32N6O5S/c1-2-37(26-11-7-4-8-12-26)31(40)27(30(39)34-43(41,42)20-15-24-9-5-3-6-10-24)21-29(38)36-18-16-35(17-19-36)28-14-13-25(22-32)23-33-28/h3-15,20,23,27H,2,16-19,21H2,1H3,(H,34,39). The van der Waals surface area contributed by atoms with Crippen molar-refractivity contribution in [3.8, 4) is 6.07 Å². The van der Waals surface area contributed by atoms with Crippen LogP contribution in [0.15, 0.2) is 84.4 Å². The lowest BCUT2D eigenvalue weighted by atomic mass is 10.0. The summed E-state index contributed by atoms with van der Waals surface area (Å²) in [4.78, 5) is 49.7. The molecule has 1 unspecified atom stereocenters. The van der Waals surface area contributed by atoms with Gasteiger partial charge in [0.25, 0.3) is 10.0 Å². The highest BCUT2D eigenvalue weighted by atomic mass is 32.2. The number of carbonyl (C=O) groups excluding carboxylic acids is 3. The second kappa shape index (κ2) is 14.2. The monoisotopic (exact) mass is 600 g/mol. The molecule has 0 saturated carbocycles. The number of piperazine rings is 1. The van der Waals surface area contributed by atoms with Gasteiger partial charge in [-0.05, 0) is 42.8 Å². The highest BCUT2D eigenvalue weighted by Crippen LogP contribution is 2.21. The number of anilines is 2. The van der Waals surface area contributed by atoms with E-state index in [0.717, 1.165) is 5.41 Å². The van der Waals surface area contributed by atoms with Gasteiger partial charge in [-0.2, -0.15) is 5.26 Å². The molecule has 3 aromatic rings. The number of nitrogens with zero attached hydrogens (tertiary/aromatic N) is 5. The Kier molecular flexibility index (Phi) is 10.2. The van der Waals surface area contributed by atoms with E-state index in [4.69, 9.17) is 5.26 Å². The topological polar surface area (TPSA) is 144 Å². The maximum atomic E-state index is 13.7. The van der Waals surface area contributed by atoms with E-state index in [-0.39, 0.29) is 6.54 Å². The zero-order valence-electron chi connectivity index (χ0n) is 23.7. The molecule has 0 aliphatic carbocycles. The molecule has 1 aromatic heterocycles. The molecule has 43 heavy (non-hydrogen) atoms. The number of nitriles is 1. The summed E-state index contributed by atoms with van der Waals surface area (Å²) >= 11 is 0. The molecule has 12 heteroatoms. The fourth-order valence-electron chi connectivity index (χ4n) is 4.66. The predicted octanol–water partition coefficient (Wildman–Crippen LogP) is 2.78. The number of pyridine rings is 1. The lowest BCUT2D eigenvalue weighted by molar-refractivity contribution is -0.141. The van der Waals surface area contributed by atoms with Crippen molar-refractivity contribution in [2.45, 2.75) is 13.3 Å². The van der Waals surface area contributed by atoms with Crippen molar-refractivity contribution in [2.75, 3.05) is 42.5 Å². The molecular formula is C31H32N6O5S. The van der Waals surface area contributed by atoms with Crippen molar-refractivity contribution in [1.29, 1.82) is 5.26 Å². The molecule has 4 rings (SSSR count). The quantitative estimate of drug-likeness (QED) is 0.350. The fourth-order valence-corrected chi connectivity index (χ4v) is 5.49. The Hall–Kier alpha value is -5.02. The van der Waals surface area contributed by atoms with Crippen LogP contribution in [0.3, 0.4) is 0 Å². The molecule has 1 saturated heterocycles. The third-order valence-electron chi connectivity index (χ3n) is 6.96. The van der Waals surface area contributed by atoms with Crippen molar-refractivity contribution in [3.05, 3.63) is 95.5 Å². The number of hydrogen-bond donors (Lipinski definition) is 1. The van der Waals surface area contributed by atoms with Crippen LogP contribution in [0.2, 0.25) is 0 Å². The molecule has 1 N–H and O–H groups in total. The van der Waals surface area contributed by atoms with E-state index in [9.17, 15) is 22.8 Å². The van der Waals surface area contributed by atoms with Gasteiger partial charge in [0, 0.05) is 51.0 Å². The number of sulfonamides is 1. The minimum absolute atomic E-state index is 0.206. The number of rotatable bonds is 10. The van der Waals surface area contributed by atoms with E-state index in [1.54, 1.807) is 84.6 Å². The molecule has 1 aliphatic rings. The first-order valence-electron chi connectivity index (χ1n) is 13.8. The molecule has 11 nitrogen and oxygen atoms in total. The molecule has 0 bridgehead atoms. The van der Waals surface area contributed by atoms with Gasteiger partial charge >= 0.3 is 0 Å². The van der Waals surface area contributed by atoms with Crippen molar-refractivity contribution in [3.63, 3.8) is 0 Å². The van der Waals surface area contributed by atoms with Gasteiger partial charge < -0.3 is 14.7 Å². The summed E-state index contributed by atoms with van der Waals surface area (Å²) in [6.45, 7) is 3.49. The molecule has 1 fully saturated rings. The van der Waals surface area contributed by atoms with E-state index in [0.29, 0.717) is 48.8 Å². The number of nitrogens with one attached hydrogen (secondary N) is 1. The summed E-state index contributed by atoms with van der Waals surface area (Å²) in [6.07, 6.45) is 2.32. The van der Waals surface area contributed by atoms with Gasteiger partial charge in [-0.15, -0.1) is 0 Å². The summed E-state index contributed by atoms with van der Waals surface area (Å²) in [5.74, 6) is -3.10. The molecular weight excluding hydrogens is 568 g/mol. The van der Waals surface area contributed by atoms with Crippen molar-refractivity contribution >= 4 is 45.3 Å². The first-order valence-corrected chi connectivity index (χ1v) is 15.3. The van der Waals surface area contributed by atoms with Gasteiger partial charge in [0.15, 0.2) is 0 Å². The Balaban J connectivity index is 1.49. The summed E-state index contributed by atoms with van der Waals surface area (Å²) < 4.78 is 27.5. The van der Waals surface area contributed by atoms with Crippen LogP contribution in [0.1, 0.15) is 24.5 Å².